The summed E-state index contributed by atoms with van der Waals surface area (Å²) in [6, 6.07) is 18.0. The third-order valence-corrected chi connectivity index (χ3v) is 8.14. The number of benzene rings is 3. The lowest BCUT2D eigenvalue weighted by atomic mass is 9.92. The molecule has 4 aromatic rings. The molecule has 3 aromatic carbocycles. The van der Waals surface area contributed by atoms with Gasteiger partial charge in [-0.15, -0.1) is 0 Å². The molecule has 0 saturated heterocycles. The molecule has 0 radical (unpaired) electrons. The zero-order chi connectivity index (χ0) is 31.3. The van der Waals surface area contributed by atoms with Crippen LogP contribution in [0.3, 0.4) is 0 Å². The molecule has 0 spiro atoms. The number of carboxylic acid groups (broad SMARTS) is 2. The lowest BCUT2D eigenvalue weighted by molar-refractivity contribution is -0.139. The number of aromatic nitrogens is 1. The maximum Gasteiger partial charge on any atom is 0.323 e. The van der Waals surface area contributed by atoms with Gasteiger partial charge in [0.05, 0.1) is 11.9 Å². The highest BCUT2D eigenvalue weighted by Gasteiger charge is 2.44. The van der Waals surface area contributed by atoms with Crippen molar-refractivity contribution in [2.75, 3.05) is 13.2 Å². The summed E-state index contributed by atoms with van der Waals surface area (Å²) in [5, 5.41) is 19.9. The number of aryl methyl sites for hydroxylation is 3. The van der Waals surface area contributed by atoms with Crippen LogP contribution in [0.2, 0.25) is 0 Å². The van der Waals surface area contributed by atoms with E-state index in [1.165, 1.54) is 5.56 Å². The third kappa shape index (κ3) is 7.59. The molecule has 1 aromatic heterocycles. The SMILES string of the molecule is Cc1cc(C)c(OCC=CCOc2ccc(C=Cc3cccc4c(CC5(CC(=O)O)CC5)cn(CC(=O)O)c34)cc2)c(C)c1. The van der Waals surface area contributed by atoms with E-state index in [2.05, 4.69) is 32.9 Å². The van der Waals surface area contributed by atoms with E-state index < -0.39 is 11.9 Å². The van der Waals surface area contributed by atoms with Crippen molar-refractivity contribution >= 4 is 35.0 Å². The van der Waals surface area contributed by atoms with Gasteiger partial charge in [-0.2, -0.15) is 0 Å². The van der Waals surface area contributed by atoms with Gasteiger partial charge in [-0.05, 0) is 97.6 Å². The minimum atomic E-state index is -0.923. The van der Waals surface area contributed by atoms with E-state index in [0.29, 0.717) is 19.6 Å². The molecule has 0 bridgehead atoms. The molecule has 44 heavy (non-hydrogen) atoms. The van der Waals surface area contributed by atoms with Crippen LogP contribution in [0.4, 0.5) is 0 Å². The Balaban J connectivity index is 1.22. The van der Waals surface area contributed by atoms with E-state index in [-0.39, 0.29) is 18.4 Å². The zero-order valence-corrected chi connectivity index (χ0v) is 25.5. The fraction of sp³-hybridized carbons (Fsp3) is 0.297. The van der Waals surface area contributed by atoms with Crippen LogP contribution in [-0.2, 0) is 22.6 Å². The zero-order valence-electron chi connectivity index (χ0n) is 25.5. The lowest BCUT2D eigenvalue weighted by Crippen LogP contribution is -2.11. The van der Waals surface area contributed by atoms with Crippen LogP contribution in [0.15, 0.2) is 72.9 Å². The number of carboxylic acids is 2. The highest BCUT2D eigenvalue weighted by Crippen LogP contribution is 2.52. The quantitative estimate of drug-likeness (QED) is 0.115. The summed E-state index contributed by atoms with van der Waals surface area (Å²) >= 11 is 0. The number of aliphatic carboxylic acids is 2. The van der Waals surface area contributed by atoms with Gasteiger partial charge in [0.15, 0.2) is 0 Å². The number of hydrogen-bond donors (Lipinski definition) is 2. The molecule has 2 N–H and O–H groups in total. The summed E-state index contributed by atoms with van der Waals surface area (Å²) in [4.78, 5) is 23.1. The van der Waals surface area contributed by atoms with E-state index in [9.17, 15) is 19.8 Å². The average molecular weight is 594 g/mol. The van der Waals surface area contributed by atoms with E-state index in [1.54, 1.807) is 4.57 Å². The van der Waals surface area contributed by atoms with Crippen molar-refractivity contribution in [2.45, 2.75) is 53.0 Å². The normalized spacial score (nSPS) is 14.0. The number of ether oxygens (including phenoxy) is 2. The first-order valence-electron chi connectivity index (χ1n) is 14.9. The van der Waals surface area contributed by atoms with Crippen LogP contribution >= 0.6 is 0 Å². The van der Waals surface area contributed by atoms with Gasteiger partial charge >= 0.3 is 11.9 Å². The largest absolute Gasteiger partial charge is 0.490 e. The van der Waals surface area contributed by atoms with Gasteiger partial charge in [0.1, 0.15) is 31.3 Å². The monoisotopic (exact) mass is 593 g/mol. The van der Waals surface area contributed by atoms with Crippen LogP contribution in [0, 0.1) is 26.2 Å². The summed E-state index contributed by atoms with van der Waals surface area (Å²) in [5.41, 5.74) is 7.00. The molecule has 0 aliphatic heterocycles. The van der Waals surface area contributed by atoms with Crippen molar-refractivity contribution in [2.24, 2.45) is 5.41 Å². The number of hydrogen-bond acceptors (Lipinski definition) is 4. The first-order valence-corrected chi connectivity index (χ1v) is 14.9. The summed E-state index contributed by atoms with van der Waals surface area (Å²) in [6.07, 6.45) is 12.3. The molecule has 0 unspecified atom stereocenters. The van der Waals surface area contributed by atoms with Crippen LogP contribution < -0.4 is 9.47 Å². The Hall–Kier alpha value is -4.78. The van der Waals surface area contributed by atoms with Crippen molar-refractivity contribution in [3.63, 3.8) is 0 Å². The number of carbonyl (C=O) groups is 2. The van der Waals surface area contributed by atoms with Crippen LogP contribution in [0.1, 0.15) is 52.6 Å². The Labute approximate surface area is 258 Å². The summed E-state index contributed by atoms with van der Waals surface area (Å²) in [7, 11) is 0. The Morgan fingerprint density at radius 3 is 2.20 bits per heavy atom. The molecule has 1 heterocycles. The number of fused-ring (bicyclic) bond motifs is 1. The van der Waals surface area contributed by atoms with E-state index >= 15 is 0 Å². The van der Waals surface area contributed by atoms with Gasteiger partial charge in [-0.3, -0.25) is 9.59 Å². The predicted octanol–water partition coefficient (Wildman–Crippen LogP) is 7.63. The Bertz CT molecular complexity index is 1700. The minimum Gasteiger partial charge on any atom is -0.490 e. The fourth-order valence-corrected chi connectivity index (χ4v) is 5.99. The second kappa shape index (κ2) is 13.2. The van der Waals surface area contributed by atoms with E-state index in [1.807, 2.05) is 73.0 Å². The summed E-state index contributed by atoms with van der Waals surface area (Å²) < 4.78 is 13.6. The molecule has 1 saturated carbocycles. The number of rotatable bonds is 14. The van der Waals surface area contributed by atoms with Crippen molar-refractivity contribution in [1.82, 2.24) is 4.57 Å². The van der Waals surface area contributed by atoms with Crippen molar-refractivity contribution in [3.05, 3.63) is 106 Å². The van der Waals surface area contributed by atoms with Gasteiger partial charge in [0.25, 0.3) is 0 Å². The van der Waals surface area contributed by atoms with Crippen LogP contribution in [0.5, 0.6) is 11.5 Å². The molecular formula is C37H39NO6. The fourth-order valence-electron chi connectivity index (χ4n) is 5.99. The first kappa shape index (κ1) is 30.7. The maximum atomic E-state index is 11.7. The molecule has 7 nitrogen and oxygen atoms in total. The van der Waals surface area contributed by atoms with E-state index in [4.69, 9.17) is 9.47 Å². The smallest absolute Gasteiger partial charge is 0.323 e. The molecule has 5 rings (SSSR count). The summed E-state index contributed by atoms with van der Waals surface area (Å²) in [6.45, 7) is 6.95. The molecule has 1 fully saturated rings. The second-order valence-corrected chi connectivity index (χ2v) is 11.9. The Morgan fingerprint density at radius 2 is 1.57 bits per heavy atom. The van der Waals surface area contributed by atoms with Crippen LogP contribution in [0.25, 0.3) is 23.1 Å². The van der Waals surface area contributed by atoms with Crippen molar-refractivity contribution in [1.29, 1.82) is 0 Å². The lowest BCUT2D eigenvalue weighted by Gasteiger charge is -2.11. The third-order valence-electron chi connectivity index (χ3n) is 8.14. The molecular weight excluding hydrogens is 554 g/mol. The standard InChI is InChI=1S/C37H39NO6/c1-25-19-26(2)36(27(3)20-25)44-18-5-4-17-43-31-13-10-28(11-14-31)9-12-29-7-6-8-32-30(21-37(15-16-37)22-33(39)40)23-38(35(29)32)24-34(41)42/h4-14,19-20,23H,15-18,21-22,24H2,1-3H3,(H,39,40)(H,41,42). The van der Waals surface area contributed by atoms with Crippen molar-refractivity contribution < 1.29 is 29.3 Å². The highest BCUT2D eigenvalue weighted by molar-refractivity contribution is 5.94. The van der Waals surface area contributed by atoms with Crippen molar-refractivity contribution in [3.8, 4) is 11.5 Å². The maximum absolute atomic E-state index is 11.7. The predicted molar refractivity (Wildman–Crippen MR) is 173 cm³/mol. The first-order chi connectivity index (χ1) is 21.1. The molecule has 1 aliphatic carbocycles. The Morgan fingerprint density at radius 1 is 0.886 bits per heavy atom. The molecule has 0 atom stereocenters. The number of nitrogens with zero attached hydrogens (tertiary/aromatic N) is 1. The average Bonchev–Trinajstić information content (AvgIpc) is 3.63. The Kier molecular flexibility index (Phi) is 9.23. The van der Waals surface area contributed by atoms with Gasteiger partial charge in [0, 0.05) is 11.6 Å². The van der Waals surface area contributed by atoms with E-state index in [0.717, 1.165) is 63.1 Å². The van der Waals surface area contributed by atoms with Crippen LogP contribution in [-0.4, -0.2) is 39.9 Å². The second-order valence-electron chi connectivity index (χ2n) is 11.9. The summed E-state index contributed by atoms with van der Waals surface area (Å²) in [5.74, 6) is -0.0236. The highest BCUT2D eigenvalue weighted by atomic mass is 16.5. The minimum absolute atomic E-state index is 0.135. The van der Waals surface area contributed by atoms with Gasteiger partial charge in [-0.1, -0.05) is 60.2 Å². The number of para-hydroxylation sites is 1. The molecule has 0 amide bonds. The topological polar surface area (TPSA) is 98.0 Å². The molecule has 1 aliphatic rings. The molecule has 7 heteroatoms. The molecule has 228 valence electrons. The van der Waals surface area contributed by atoms with Gasteiger partial charge < -0.3 is 24.3 Å². The van der Waals surface area contributed by atoms with Gasteiger partial charge in [0.2, 0.25) is 0 Å². The van der Waals surface area contributed by atoms with Gasteiger partial charge in [-0.25, -0.2) is 0 Å².